The molecule has 0 saturated carbocycles. The molecule has 2 heterocycles. The van der Waals surface area contributed by atoms with E-state index in [1.165, 1.54) is 0 Å². The number of ether oxygens (including phenoxy) is 1. The minimum Gasteiger partial charge on any atom is -0.447 e. The van der Waals surface area contributed by atoms with Gasteiger partial charge in [-0.15, -0.1) is 0 Å². The molecule has 1 aromatic carbocycles. The Labute approximate surface area is 105 Å². The van der Waals surface area contributed by atoms with Gasteiger partial charge in [-0.05, 0) is 30.7 Å². The van der Waals surface area contributed by atoms with Gasteiger partial charge in [-0.2, -0.15) is 0 Å². The van der Waals surface area contributed by atoms with Crippen molar-refractivity contribution in [1.29, 1.82) is 0 Å². The molecule has 2 aliphatic rings. The van der Waals surface area contributed by atoms with Crippen molar-refractivity contribution in [3.05, 3.63) is 24.3 Å². The van der Waals surface area contributed by atoms with E-state index < -0.39 is 0 Å². The van der Waals surface area contributed by atoms with Gasteiger partial charge >= 0.3 is 6.09 Å². The third-order valence-electron chi connectivity index (χ3n) is 3.31. The molecule has 0 bridgehead atoms. The summed E-state index contributed by atoms with van der Waals surface area (Å²) >= 11 is 0. The minimum atomic E-state index is -0.306. The van der Waals surface area contributed by atoms with Crippen LogP contribution in [0.3, 0.4) is 0 Å². The molecule has 94 valence electrons. The molecule has 0 aromatic heterocycles. The number of rotatable bonds is 2. The van der Waals surface area contributed by atoms with E-state index in [2.05, 4.69) is 0 Å². The van der Waals surface area contributed by atoms with E-state index >= 15 is 0 Å². The first-order valence-electron chi connectivity index (χ1n) is 6.10. The molecule has 2 fully saturated rings. The number of nitrogens with zero attached hydrogens (tertiary/aromatic N) is 2. The zero-order valence-corrected chi connectivity index (χ0v) is 9.96. The molecule has 2 amide bonds. The highest BCUT2D eigenvalue weighted by molar-refractivity contribution is 5.96. The minimum absolute atomic E-state index is 0.170. The van der Waals surface area contributed by atoms with Gasteiger partial charge in [0.15, 0.2) is 0 Å². The highest BCUT2D eigenvalue weighted by Gasteiger charge is 2.25. The van der Waals surface area contributed by atoms with E-state index in [0.29, 0.717) is 19.6 Å². The number of anilines is 2. The predicted molar refractivity (Wildman–Crippen MR) is 66.7 cm³/mol. The van der Waals surface area contributed by atoms with E-state index in [1.54, 1.807) is 9.80 Å². The van der Waals surface area contributed by atoms with E-state index in [9.17, 15) is 9.59 Å². The van der Waals surface area contributed by atoms with Gasteiger partial charge in [0.1, 0.15) is 6.61 Å². The summed E-state index contributed by atoms with van der Waals surface area (Å²) in [6, 6.07) is 7.47. The summed E-state index contributed by atoms with van der Waals surface area (Å²) in [5.41, 5.74) is 1.71. The van der Waals surface area contributed by atoms with Crippen molar-refractivity contribution in [2.75, 3.05) is 29.5 Å². The van der Waals surface area contributed by atoms with Gasteiger partial charge in [0.05, 0.1) is 6.54 Å². The van der Waals surface area contributed by atoms with Crippen LogP contribution in [-0.2, 0) is 9.53 Å². The Balaban J connectivity index is 1.80. The van der Waals surface area contributed by atoms with E-state index in [-0.39, 0.29) is 12.0 Å². The van der Waals surface area contributed by atoms with Gasteiger partial charge in [0.25, 0.3) is 0 Å². The highest BCUT2D eigenvalue weighted by atomic mass is 16.6. The number of cyclic esters (lactones) is 1. The van der Waals surface area contributed by atoms with Crippen LogP contribution in [0.25, 0.3) is 0 Å². The molecular weight excluding hydrogens is 232 g/mol. The standard InChI is InChI=1S/C13H14N2O3/c16-12-2-1-7-14(12)10-3-5-11(6-4-10)15-8-9-18-13(15)17/h3-6H,1-2,7-9H2. The Morgan fingerprint density at radius 1 is 0.944 bits per heavy atom. The average Bonchev–Trinajstić information content (AvgIpc) is 2.98. The SMILES string of the molecule is O=C1CCCN1c1ccc(N2CCOC2=O)cc1. The molecule has 0 unspecified atom stereocenters. The molecule has 0 atom stereocenters. The Bertz CT molecular complexity index is 439. The van der Waals surface area contributed by atoms with Crippen molar-refractivity contribution >= 4 is 23.4 Å². The second-order valence-corrected chi connectivity index (χ2v) is 4.43. The van der Waals surface area contributed by atoms with Crippen LogP contribution in [0, 0.1) is 0 Å². The molecule has 0 radical (unpaired) electrons. The van der Waals surface area contributed by atoms with Crippen LogP contribution in [0.15, 0.2) is 24.3 Å². The molecule has 0 spiro atoms. The topological polar surface area (TPSA) is 49.9 Å². The first kappa shape index (κ1) is 11.1. The van der Waals surface area contributed by atoms with Crippen LogP contribution in [0.1, 0.15) is 12.8 Å². The van der Waals surface area contributed by atoms with Crippen LogP contribution in [0.2, 0.25) is 0 Å². The third kappa shape index (κ3) is 1.81. The van der Waals surface area contributed by atoms with Crippen molar-refractivity contribution in [2.45, 2.75) is 12.8 Å². The maximum atomic E-state index is 11.6. The van der Waals surface area contributed by atoms with Crippen molar-refractivity contribution < 1.29 is 14.3 Å². The molecule has 2 saturated heterocycles. The Hall–Kier alpha value is -2.04. The summed E-state index contributed by atoms with van der Waals surface area (Å²) in [5, 5.41) is 0. The number of carbonyl (C=O) groups excluding carboxylic acids is 2. The van der Waals surface area contributed by atoms with Crippen LogP contribution in [0.5, 0.6) is 0 Å². The van der Waals surface area contributed by atoms with Crippen molar-refractivity contribution in [2.24, 2.45) is 0 Å². The molecule has 0 N–H and O–H groups in total. The second-order valence-electron chi connectivity index (χ2n) is 4.43. The molecule has 5 nitrogen and oxygen atoms in total. The van der Waals surface area contributed by atoms with Crippen LogP contribution >= 0.6 is 0 Å². The van der Waals surface area contributed by atoms with Gasteiger partial charge in [0, 0.05) is 24.3 Å². The van der Waals surface area contributed by atoms with E-state index in [1.807, 2.05) is 24.3 Å². The predicted octanol–water partition coefficient (Wildman–Crippen LogP) is 1.77. The fourth-order valence-electron chi connectivity index (χ4n) is 2.36. The summed E-state index contributed by atoms with van der Waals surface area (Å²) in [4.78, 5) is 26.4. The number of hydrogen-bond donors (Lipinski definition) is 0. The maximum Gasteiger partial charge on any atom is 0.414 e. The summed E-state index contributed by atoms with van der Waals surface area (Å²) in [7, 11) is 0. The van der Waals surface area contributed by atoms with E-state index in [0.717, 1.165) is 24.3 Å². The molecule has 1 aromatic rings. The van der Waals surface area contributed by atoms with Crippen molar-refractivity contribution in [3.8, 4) is 0 Å². The van der Waals surface area contributed by atoms with E-state index in [4.69, 9.17) is 4.74 Å². The number of hydrogen-bond acceptors (Lipinski definition) is 3. The summed E-state index contributed by atoms with van der Waals surface area (Å²) in [6.45, 7) is 1.80. The van der Waals surface area contributed by atoms with Gasteiger partial charge in [-0.3, -0.25) is 9.69 Å². The molecule has 5 heteroatoms. The number of benzene rings is 1. The average molecular weight is 246 g/mol. The largest absolute Gasteiger partial charge is 0.447 e. The van der Waals surface area contributed by atoms with Crippen molar-refractivity contribution in [3.63, 3.8) is 0 Å². The number of amides is 2. The highest BCUT2D eigenvalue weighted by Crippen LogP contribution is 2.25. The van der Waals surface area contributed by atoms with Crippen LogP contribution < -0.4 is 9.80 Å². The second kappa shape index (κ2) is 4.33. The molecule has 0 aliphatic carbocycles. The summed E-state index contributed by atoms with van der Waals surface area (Å²) in [6.07, 6.45) is 1.24. The first-order valence-corrected chi connectivity index (χ1v) is 6.10. The van der Waals surface area contributed by atoms with Gasteiger partial charge in [-0.25, -0.2) is 4.79 Å². The normalized spacial score (nSPS) is 19.6. The summed E-state index contributed by atoms with van der Waals surface area (Å²) in [5.74, 6) is 0.170. The Morgan fingerprint density at radius 3 is 2.11 bits per heavy atom. The van der Waals surface area contributed by atoms with Crippen LogP contribution in [0.4, 0.5) is 16.2 Å². The fraction of sp³-hybridized carbons (Fsp3) is 0.385. The molecular formula is C13H14N2O3. The zero-order chi connectivity index (χ0) is 12.5. The maximum absolute atomic E-state index is 11.6. The lowest BCUT2D eigenvalue weighted by Gasteiger charge is -2.18. The van der Waals surface area contributed by atoms with Gasteiger partial charge in [-0.1, -0.05) is 0 Å². The van der Waals surface area contributed by atoms with Crippen molar-refractivity contribution in [1.82, 2.24) is 0 Å². The van der Waals surface area contributed by atoms with Crippen LogP contribution in [-0.4, -0.2) is 31.7 Å². The molecule has 18 heavy (non-hydrogen) atoms. The third-order valence-corrected chi connectivity index (χ3v) is 3.31. The Morgan fingerprint density at radius 2 is 1.61 bits per heavy atom. The molecule has 3 rings (SSSR count). The lowest BCUT2D eigenvalue weighted by atomic mass is 10.2. The quantitative estimate of drug-likeness (QED) is 0.799. The monoisotopic (exact) mass is 246 g/mol. The summed E-state index contributed by atoms with van der Waals surface area (Å²) < 4.78 is 4.89. The smallest absolute Gasteiger partial charge is 0.414 e. The van der Waals surface area contributed by atoms with Gasteiger partial charge < -0.3 is 9.64 Å². The lowest BCUT2D eigenvalue weighted by Crippen LogP contribution is -2.25. The first-order chi connectivity index (χ1) is 8.75. The van der Waals surface area contributed by atoms with Gasteiger partial charge in [0.2, 0.25) is 5.91 Å². The fourth-order valence-corrected chi connectivity index (χ4v) is 2.36. The lowest BCUT2D eigenvalue weighted by molar-refractivity contribution is -0.117. The molecule has 2 aliphatic heterocycles. The zero-order valence-electron chi connectivity index (χ0n) is 9.96. The number of carbonyl (C=O) groups is 2. The Kier molecular flexibility index (Phi) is 2.66.